The molecule has 112 valence electrons. The normalized spacial score (nSPS) is 18.0. The summed E-state index contributed by atoms with van der Waals surface area (Å²) in [6.07, 6.45) is 0.418. The molecule has 0 aromatic heterocycles. The summed E-state index contributed by atoms with van der Waals surface area (Å²) in [7, 11) is 0. The fraction of sp³-hybridized carbons (Fsp3) is 0.412. The number of piperazine rings is 1. The molecule has 1 aliphatic heterocycles. The Kier molecular flexibility index (Phi) is 4.36. The van der Waals surface area contributed by atoms with Crippen LogP contribution in [0.4, 0.5) is 4.39 Å². The van der Waals surface area contributed by atoms with Gasteiger partial charge in [-0.15, -0.1) is 0 Å². The van der Waals surface area contributed by atoms with Gasteiger partial charge in [-0.1, -0.05) is 30.3 Å². The zero-order valence-electron chi connectivity index (χ0n) is 12.1. The number of phenolic OH excluding ortho intramolecular Hbond substituents is 1. The van der Waals surface area contributed by atoms with E-state index < -0.39 is 0 Å². The van der Waals surface area contributed by atoms with Gasteiger partial charge in [0.25, 0.3) is 0 Å². The molecule has 2 aromatic carbocycles. The number of benzene rings is 2. The maximum Gasteiger partial charge on any atom is 0.121 e. The second kappa shape index (κ2) is 6.41. The second-order valence-electron chi connectivity index (χ2n) is 5.50. The highest BCUT2D eigenvalue weighted by molar-refractivity contribution is 5.88. The molecule has 3 rings (SSSR count). The fourth-order valence-electron chi connectivity index (χ4n) is 3.24. The van der Waals surface area contributed by atoms with Gasteiger partial charge in [-0.3, -0.25) is 9.29 Å². The Labute approximate surface area is 124 Å². The van der Waals surface area contributed by atoms with E-state index in [1.54, 1.807) is 6.07 Å². The van der Waals surface area contributed by atoms with Crippen molar-refractivity contribution in [2.75, 3.05) is 32.9 Å². The van der Waals surface area contributed by atoms with Crippen LogP contribution in [0.15, 0.2) is 36.4 Å². The van der Waals surface area contributed by atoms with Gasteiger partial charge in [0, 0.05) is 37.8 Å². The number of fused-ring (bicyclic) bond motifs is 1. The van der Waals surface area contributed by atoms with E-state index in [1.807, 2.05) is 30.3 Å². The molecule has 1 saturated heterocycles. The van der Waals surface area contributed by atoms with Crippen molar-refractivity contribution in [1.82, 2.24) is 10.2 Å². The third kappa shape index (κ3) is 2.87. The van der Waals surface area contributed by atoms with Crippen LogP contribution in [0.3, 0.4) is 0 Å². The lowest BCUT2D eigenvalue weighted by Crippen LogP contribution is -2.45. The Balaban J connectivity index is 2.07. The van der Waals surface area contributed by atoms with Crippen LogP contribution in [0.25, 0.3) is 10.8 Å². The molecule has 2 N–H and O–H groups in total. The molecule has 0 radical (unpaired) electrons. The largest absolute Gasteiger partial charge is 0.508 e. The summed E-state index contributed by atoms with van der Waals surface area (Å²) >= 11 is 0. The third-order valence-corrected chi connectivity index (χ3v) is 4.26. The maximum atomic E-state index is 13.1. The zero-order chi connectivity index (χ0) is 14.7. The smallest absolute Gasteiger partial charge is 0.121 e. The van der Waals surface area contributed by atoms with Crippen LogP contribution in [0.5, 0.6) is 5.75 Å². The van der Waals surface area contributed by atoms with Gasteiger partial charge in [0.2, 0.25) is 0 Å². The molecule has 0 amide bonds. The van der Waals surface area contributed by atoms with Gasteiger partial charge in [0.05, 0.1) is 6.67 Å². The van der Waals surface area contributed by atoms with E-state index in [1.165, 1.54) is 0 Å². The van der Waals surface area contributed by atoms with Crippen molar-refractivity contribution in [1.29, 1.82) is 0 Å². The van der Waals surface area contributed by atoms with Crippen LogP contribution in [-0.2, 0) is 0 Å². The number of nitrogens with one attached hydrogen (secondary N) is 1. The molecule has 1 atom stereocenters. The number of rotatable bonds is 4. The van der Waals surface area contributed by atoms with Crippen molar-refractivity contribution in [2.24, 2.45) is 0 Å². The van der Waals surface area contributed by atoms with E-state index in [4.69, 9.17) is 0 Å². The maximum absolute atomic E-state index is 13.1. The van der Waals surface area contributed by atoms with Gasteiger partial charge in [-0.25, -0.2) is 0 Å². The summed E-state index contributed by atoms with van der Waals surface area (Å²) in [5.74, 6) is 0.269. The first-order valence-corrected chi connectivity index (χ1v) is 7.52. The van der Waals surface area contributed by atoms with Crippen molar-refractivity contribution >= 4 is 10.8 Å². The molecule has 0 aliphatic carbocycles. The number of halogens is 1. The SMILES string of the molecule is Oc1ccc2ccccc2c1[C@@H](CCF)N1CCNCC1. The van der Waals surface area contributed by atoms with Crippen LogP contribution in [0, 0.1) is 0 Å². The van der Waals surface area contributed by atoms with Crippen molar-refractivity contribution in [3.8, 4) is 5.75 Å². The molecule has 0 bridgehead atoms. The standard InChI is InChI=1S/C17H21FN2O/c18-8-7-15(20-11-9-19-10-12-20)17-14-4-2-1-3-13(14)5-6-16(17)21/h1-6,15,19,21H,7-12H2/t15-/m1/s1. The predicted molar refractivity (Wildman–Crippen MR) is 83.4 cm³/mol. The van der Waals surface area contributed by atoms with Gasteiger partial charge in [0.15, 0.2) is 0 Å². The number of phenols is 1. The number of hydrogen-bond acceptors (Lipinski definition) is 3. The molecule has 0 spiro atoms. The Bertz CT molecular complexity index is 611. The average Bonchev–Trinajstić information content (AvgIpc) is 2.54. The summed E-state index contributed by atoms with van der Waals surface area (Å²) < 4.78 is 13.1. The number of nitrogens with zero attached hydrogens (tertiary/aromatic N) is 1. The average molecular weight is 288 g/mol. The quantitative estimate of drug-likeness (QED) is 0.908. The topological polar surface area (TPSA) is 35.5 Å². The van der Waals surface area contributed by atoms with E-state index in [0.29, 0.717) is 6.42 Å². The fourth-order valence-corrected chi connectivity index (χ4v) is 3.24. The molecule has 1 aliphatic rings. The van der Waals surface area contributed by atoms with Crippen molar-refractivity contribution in [3.63, 3.8) is 0 Å². The van der Waals surface area contributed by atoms with Gasteiger partial charge in [-0.05, 0) is 23.3 Å². The molecule has 4 heteroatoms. The molecule has 2 aromatic rings. The number of alkyl halides is 1. The second-order valence-corrected chi connectivity index (χ2v) is 5.50. The van der Waals surface area contributed by atoms with Crippen LogP contribution < -0.4 is 5.32 Å². The van der Waals surface area contributed by atoms with E-state index in [9.17, 15) is 9.50 Å². The molecule has 0 unspecified atom stereocenters. The first-order chi connectivity index (χ1) is 10.3. The number of aromatic hydroxyl groups is 1. The van der Waals surface area contributed by atoms with Crippen LogP contribution in [-0.4, -0.2) is 42.9 Å². The summed E-state index contributed by atoms with van der Waals surface area (Å²) in [6.45, 7) is 3.21. The Morgan fingerprint density at radius 3 is 2.67 bits per heavy atom. The third-order valence-electron chi connectivity index (χ3n) is 4.26. The zero-order valence-corrected chi connectivity index (χ0v) is 12.1. The van der Waals surface area contributed by atoms with Crippen molar-refractivity contribution < 1.29 is 9.50 Å². The molecular formula is C17H21FN2O. The van der Waals surface area contributed by atoms with Crippen molar-refractivity contribution in [3.05, 3.63) is 42.0 Å². The van der Waals surface area contributed by atoms with E-state index >= 15 is 0 Å². The van der Waals surface area contributed by atoms with E-state index in [0.717, 1.165) is 42.5 Å². The summed E-state index contributed by atoms with van der Waals surface area (Å²) in [5, 5.41) is 15.8. The number of hydrogen-bond donors (Lipinski definition) is 2. The van der Waals surface area contributed by atoms with Crippen LogP contribution >= 0.6 is 0 Å². The lowest BCUT2D eigenvalue weighted by molar-refractivity contribution is 0.156. The first-order valence-electron chi connectivity index (χ1n) is 7.52. The highest BCUT2D eigenvalue weighted by atomic mass is 19.1. The Morgan fingerprint density at radius 2 is 1.90 bits per heavy atom. The van der Waals surface area contributed by atoms with Crippen LogP contribution in [0.1, 0.15) is 18.0 Å². The first kappa shape index (κ1) is 14.3. The predicted octanol–water partition coefficient (Wildman–Crippen LogP) is 2.85. The summed E-state index contributed by atoms with van der Waals surface area (Å²) in [5.41, 5.74) is 0.868. The Hall–Kier alpha value is -1.65. The molecular weight excluding hydrogens is 267 g/mol. The van der Waals surface area contributed by atoms with Gasteiger partial charge >= 0.3 is 0 Å². The summed E-state index contributed by atoms with van der Waals surface area (Å²) in [4.78, 5) is 2.28. The van der Waals surface area contributed by atoms with Gasteiger partial charge in [-0.2, -0.15) is 0 Å². The lowest BCUT2D eigenvalue weighted by Gasteiger charge is -2.35. The minimum atomic E-state index is -0.378. The van der Waals surface area contributed by atoms with Crippen LogP contribution in [0.2, 0.25) is 0 Å². The van der Waals surface area contributed by atoms with Gasteiger partial charge < -0.3 is 10.4 Å². The monoisotopic (exact) mass is 288 g/mol. The molecule has 21 heavy (non-hydrogen) atoms. The lowest BCUT2D eigenvalue weighted by atomic mass is 9.94. The highest BCUT2D eigenvalue weighted by Gasteiger charge is 2.25. The Morgan fingerprint density at radius 1 is 1.14 bits per heavy atom. The molecule has 1 fully saturated rings. The molecule has 0 saturated carbocycles. The molecule has 3 nitrogen and oxygen atoms in total. The highest BCUT2D eigenvalue weighted by Crippen LogP contribution is 2.37. The summed E-state index contributed by atoms with van der Waals surface area (Å²) in [6, 6.07) is 11.6. The molecule has 1 heterocycles. The van der Waals surface area contributed by atoms with E-state index in [-0.39, 0.29) is 18.5 Å². The van der Waals surface area contributed by atoms with Gasteiger partial charge in [0.1, 0.15) is 5.75 Å². The minimum Gasteiger partial charge on any atom is -0.508 e. The van der Waals surface area contributed by atoms with E-state index in [2.05, 4.69) is 10.2 Å². The van der Waals surface area contributed by atoms with Crippen molar-refractivity contribution in [2.45, 2.75) is 12.5 Å². The minimum absolute atomic E-state index is 0.0665.